The van der Waals surface area contributed by atoms with Crippen LogP contribution in [0.15, 0.2) is 12.1 Å². The molecule has 0 aliphatic carbocycles. The number of alkyl halides is 2. The van der Waals surface area contributed by atoms with Gasteiger partial charge in [0.1, 0.15) is 10.7 Å². The SMILES string of the molecule is C=P(C)(C)CCc1cc(-c2nn(C)c(OC(F)F)c2Cl)c(C)cc1Cl. The lowest BCUT2D eigenvalue weighted by molar-refractivity contribution is -0.0552. The van der Waals surface area contributed by atoms with Gasteiger partial charge in [-0.1, -0.05) is 23.2 Å². The Morgan fingerprint density at radius 2 is 1.96 bits per heavy atom. The molecule has 0 aliphatic rings. The van der Waals surface area contributed by atoms with E-state index in [0.29, 0.717) is 10.7 Å². The fourth-order valence-corrected chi connectivity index (χ4v) is 3.92. The van der Waals surface area contributed by atoms with E-state index in [1.165, 1.54) is 11.7 Å². The molecule has 0 saturated carbocycles. The second kappa shape index (κ2) is 7.69. The summed E-state index contributed by atoms with van der Waals surface area (Å²) in [4.78, 5) is 0. The maximum atomic E-state index is 12.6. The molecule has 3 nitrogen and oxygen atoms in total. The molecule has 0 saturated heterocycles. The lowest BCUT2D eigenvalue weighted by atomic mass is 10.0. The smallest absolute Gasteiger partial charge is 0.388 e. The Balaban J connectivity index is 2.47. The molecule has 2 rings (SSSR count). The van der Waals surface area contributed by atoms with Crippen molar-refractivity contribution < 1.29 is 13.5 Å². The molecule has 0 N–H and O–H groups in total. The Kier molecular flexibility index (Phi) is 6.24. The van der Waals surface area contributed by atoms with E-state index >= 15 is 0 Å². The minimum atomic E-state index is -2.97. The zero-order chi connectivity index (χ0) is 18.9. The third kappa shape index (κ3) is 4.99. The van der Waals surface area contributed by atoms with E-state index in [4.69, 9.17) is 23.2 Å². The van der Waals surface area contributed by atoms with E-state index in [0.717, 1.165) is 29.3 Å². The monoisotopic (exact) mass is 408 g/mol. The van der Waals surface area contributed by atoms with E-state index in [1.807, 2.05) is 19.1 Å². The van der Waals surface area contributed by atoms with Crippen molar-refractivity contribution in [1.82, 2.24) is 9.78 Å². The van der Waals surface area contributed by atoms with Crippen LogP contribution in [0.1, 0.15) is 11.1 Å². The van der Waals surface area contributed by atoms with Gasteiger partial charge in [-0.15, -0.1) is 13.2 Å². The Morgan fingerprint density at radius 1 is 1.32 bits per heavy atom. The standard InChI is InChI=1S/C17H21Cl2F2N2OP/c1-10-8-13(18)11(6-7-25(3,4)5)9-12(10)15-14(19)16(23(2)22-15)24-17(20)21/h8-9,17H,3,6-7H2,1-2,4-5H3. The molecule has 1 heterocycles. The zero-order valence-corrected chi connectivity index (χ0v) is 17.0. The van der Waals surface area contributed by atoms with Crippen molar-refractivity contribution in [2.24, 2.45) is 7.05 Å². The molecular weight excluding hydrogens is 388 g/mol. The van der Waals surface area contributed by atoms with E-state index in [-0.39, 0.29) is 10.9 Å². The van der Waals surface area contributed by atoms with Crippen LogP contribution in [-0.2, 0) is 13.5 Å². The van der Waals surface area contributed by atoms with Crippen molar-refractivity contribution in [3.8, 4) is 17.1 Å². The second-order valence-electron chi connectivity index (χ2n) is 6.64. The van der Waals surface area contributed by atoms with Gasteiger partial charge in [-0.25, -0.2) is 4.68 Å². The average Bonchev–Trinajstić information content (AvgIpc) is 2.73. The van der Waals surface area contributed by atoms with E-state index in [2.05, 4.69) is 29.5 Å². The quantitative estimate of drug-likeness (QED) is 0.585. The summed E-state index contributed by atoms with van der Waals surface area (Å²) in [6, 6.07) is 3.77. The lowest BCUT2D eigenvalue weighted by Gasteiger charge is -2.15. The first-order chi connectivity index (χ1) is 11.5. The number of hydrogen-bond donors (Lipinski definition) is 0. The minimum absolute atomic E-state index is 0.0594. The van der Waals surface area contributed by atoms with Crippen LogP contribution < -0.4 is 4.74 Å². The van der Waals surface area contributed by atoms with Gasteiger partial charge < -0.3 is 4.74 Å². The van der Waals surface area contributed by atoms with Crippen molar-refractivity contribution >= 4 is 36.4 Å². The van der Waals surface area contributed by atoms with Gasteiger partial charge in [-0.3, -0.25) is 0 Å². The first-order valence-corrected chi connectivity index (χ1v) is 11.4. The van der Waals surface area contributed by atoms with Crippen molar-refractivity contribution in [2.45, 2.75) is 20.0 Å². The van der Waals surface area contributed by atoms with Gasteiger partial charge in [0.2, 0.25) is 5.88 Å². The first kappa shape index (κ1) is 20.3. The molecule has 25 heavy (non-hydrogen) atoms. The summed E-state index contributed by atoms with van der Waals surface area (Å²) in [6.07, 6.45) is 5.97. The summed E-state index contributed by atoms with van der Waals surface area (Å²) >= 11 is 12.6. The molecule has 0 radical (unpaired) electrons. The molecule has 0 amide bonds. The Hall–Kier alpha value is -1.03. The predicted molar refractivity (Wildman–Crippen MR) is 104 cm³/mol. The third-order valence-electron chi connectivity index (χ3n) is 3.78. The number of hydrogen-bond acceptors (Lipinski definition) is 2. The molecule has 0 aliphatic heterocycles. The number of nitrogens with zero attached hydrogens (tertiary/aromatic N) is 2. The third-order valence-corrected chi connectivity index (χ3v) is 5.90. The largest absolute Gasteiger partial charge is 0.416 e. The Bertz CT molecular complexity index is 831. The number of aromatic nitrogens is 2. The fraction of sp³-hybridized carbons (Fsp3) is 0.412. The van der Waals surface area contributed by atoms with E-state index < -0.39 is 13.5 Å². The summed E-state index contributed by atoms with van der Waals surface area (Å²) in [5, 5.41) is 4.98. The topological polar surface area (TPSA) is 27.1 Å². The van der Waals surface area contributed by atoms with Crippen LogP contribution in [0.5, 0.6) is 5.88 Å². The van der Waals surface area contributed by atoms with Crippen LogP contribution in [0.4, 0.5) is 8.78 Å². The summed E-state index contributed by atoms with van der Waals surface area (Å²) in [6.45, 7) is 2.06. The van der Waals surface area contributed by atoms with Gasteiger partial charge in [0.05, 0.1) is 0 Å². The highest BCUT2D eigenvalue weighted by molar-refractivity contribution is 7.72. The molecule has 138 valence electrons. The fourth-order valence-electron chi connectivity index (χ4n) is 2.45. The molecule has 0 atom stereocenters. The van der Waals surface area contributed by atoms with Crippen molar-refractivity contribution in [3.05, 3.63) is 33.3 Å². The van der Waals surface area contributed by atoms with Crippen molar-refractivity contribution in [1.29, 1.82) is 0 Å². The maximum absolute atomic E-state index is 12.6. The highest BCUT2D eigenvalue weighted by Gasteiger charge is 2.22. The summed E-state index contributed by atoms with van der Waals surface area (Å²) < 4.78 is 30.8. The second-order valence-corrected chi connectivity index (χ2v) is 11.7. The maximum Gasteiger partial charge on any atom is 0.388 e. The van der Waals surface area contributed by atoms with Gasteiger partial charge >= 0.3 is 6.61 Å². The van der Waals surface area contributed by atoms with E-state index in [9.17, 15) is 8.78 Å². The van der Waals surface area contributed by atoms with Gasteiger partial charge in [-0.2, -0.15) is 13.9 Å². The van der Waals surface area contributed by atoms with Crippen LogP contribution in [-0.4, -0.2) is 42.2 Å². The number of ether oxygens (including phenoxy) is 1. The van der Waals surface area contributed by atoms with Crippen LogP contribution in [0.3, 0.4) is 0 Å². The predicted octanol–water partition coefficient (Wildman–Crippen LogP) is 5.56. The van der Waals surface area contributed by atoms with Crippen molar-refractivity contribution in [2.75, 3.05) is 19.5 Å². The Labute approximate surface area is 156 Å². The summed E-state index contributed by atoms with van der Waals surface area (Å²) in [5.74, 6) is -0.160. The number of aryl methyl sites for hydroxylation is 3. The Morgan fingerprint density at radius 3 is 2.52 bits per heavy atom. The molecule has 0 fully saturated rings. The van der Waals surface area contributed by atoms with Crippen LogP contribution in [0.25, 0.3) is 11.3 Å². The lowest BCUT2D eigenvalue weighted by Crippen LogP contribution is -2.06. The first-order valence-electron chi connectivity index (χ1n) is 7.63. The molecule has 0 bridgehead atoms. The molecule has 8 heteroatoms. The normalized spacial score (nSPS) is 12.0. The molecule has 0 spiro atoms. The highest BCUT2D eigenvalue weighted by Crippen LogP contribution is 2.40. The highest BCUT2D eigenvalue weighted by atomic mass is 35.5. The average molecular weight is 409 g/mol. The van der Waals surface area contributed by atoms with Crippen LogP contribution >= 0.6 is 30.1 Å². The zero-order valence-electron chi connectivity index (χ0n) is 14.6. The molecule has 0 unspecified atom stereocenters. The van der Waals surface area contributed by atoms with Gasteiger partial charge in [0, 0.05) is 17.6 Å². The van der Waals surface area contributed by atoms with Gasteiger partial charge in [0.15, 0.2) is 0 Å². The van der Waals surface area contributed by atoms with Gasteiger partial charge in [-0.05, 0) is 56.1 Å². The van der Waals surface area contributed by atoms with Crippen LogP contribution in [0, 0.1) is 6.92 Å². The van der Waals surface area contributed by atoms with Gasteiger partial charge in [0.25, 0.3) is 0 Å². The van der Waals surface area contributed by atoms with E-state index in [1.54, 1.807) is 0 Å². The number of benzene rings is 1. The number of halogens is 4. The molecule has 1 aromatic heterocycles. The number of rotatable bonds is 6. The summed E-state index contributed by atoms with van der Waals surface area (Å²) in [7, 11) is 1.51. The van der Waals surface area contributed by atoms with Crippen molar-refractivity contribution in [3.63, 3.8) is 0 Å². The summed E-state index contributed by atoms with van der Waals surface area (Å²) in [5.41, 5.74) is 2.99. The minimum Gasteiger partial charge on any atom is -0.416 e. The molecule has 1 aromatic carbocycles. The molecule has 2 aromatic rings. The van der Waals surface area contributed by atoms with Crippen LogP contribution in [0.2, 0.25) is 10.0 Å². The molecular formula is C17H21Cl2F2N2OP.